The van der Waals surface area contributed by atoms with Gasteiger partial charge in [-0.2, -0.15) is 0 Å². The molecular formula is C8H15NO3. The molecule has 0 aromatic heterocycles. The zero-order valence-corrected chi connectivity index (χ0v) is 7.25. The molecule has 2 atom stereocenters. The quantitative estimate of drug-likeness (QED) is 0.651. The molecule has 0 aromatic carbocycles. The van der Waals surface area contributed by atoms with Gasteiger partial charge in [-0.3, -0.25) is 0 Å². The van der Waals surface area contributed by atoms with Gasteiger partial charge in [-0.05, 0) is 12.3 Å². The molecule has 1 rings (SSSR count). The van der Waals surface area contributed by atoms with Crippen LogP contribution in [0.5, 0.6) is 0 Å². The van der Waals surface area contributed by atoms with Gasteiger partial charge >= 0.3 is 6.09 Å². The first-order chi connectivity index (χ1) is 5.77. The van der Waals surface area contributed by atoms with Crippen LogP contribution in [0.15, 0.2) is 0 Å². The van der Waals surface area contributed by atoms with Gasteiger partial charge < -0.3 is 15.2 Å². The van der Waals surface area contributed by atoms with E-state index in [0.29, 0.717) is 12.0 Å². The fourth-order valence-corrected chi connectivity index (χ4v) is 1.21. The van der Waals surface area contributed by atoms with Crippen LogP contribution in [0.3, 0.4) is 0 Å². The van der Waals surface area contributed by atoms with Crippen molar-refractivity contribution >= 4 is 6.09 Å². The summed E-state index contributed by atoms with van der Waals surface area (Å²) in [6.45, 7) is 2.07. The molecule has 1 aliphatic rings. The van der Waals surface area contributed by atoms with E-state index in [-0.39, 0.29) is 13.2 Å². The molecule has 70 valence electrons. The number of nitrogens with one attached hydrogen (secondary N) is 1. The van der Waals surface area contributed by atoms with Crippen LogP contribution in [0.4, 0.5) is 4.79 Å². The predicted octanol–water partition coefficient (Wildman–Crippen LogP) is 0.503. The fourth-order valence-electron chi connectivity index (χ4n) is 1.21. The van der Waals surface area contributed by atoms with Crippen LogP contribution in [0, 0.1) is 5.92 Å². The molecular weight excluding hydrogens is 158 g/mol. The smallest absolute Gasteiger partial charge is 0.407 e. The van der Waals surface area contributed by atoms with Crippen molar-refractivity contribution in [1.29, 1.82) is 0 Å². The minimum absolute atomic E-state index is 0.0787. The summed E-state index contributed by atoms with van der Waals surface area (Å²) in [6, 6.07) is 0.307. The standard InChI is InChI=1S/C8H15NO3/c1-2-6-5-7(6)9-8(11)12-4-3-10/h6-7,10H,2-5H2,1H3,(H,9,11). The van der Waals surface area contributed by atoms with Crippen molar-refractivity contribution in [3.63, 3.8) is 0 Å². The van der Waals surface area contributed by atoms with E-state index in [1.54, 1.807) is 0 Å². The van der Waals surface area contributed by atoms with E-state index in [2.05, 4.69) is 17.0 Å². The summed E-state index contributed by atoms with van der Waals surface area (Å²) in [7, 11) is 0. The molecule has 1 saturated carbocycles. The molecule has 0 heterocycles. The van der Waals surface area contributed by atoms with Crippen LogP contribution < -0.4 is 5.32 Å². The summed E-state index contributed by atoms with van der Waals surface area (Å²) in [5.74, 6) is 0.631. The Bertz CT molecular complexity index is 160. The number of alkyl carbamates (subject to hydrolysis) is 1. The highest BCUT2D eigenvalue weighted by Gasteiger charge is 2.36. The lowest BCUT2D eigenvalue weighted by Gasteiger charge is -2.03. The number of rotatable bonds is 4. The number of ether oxygens (including phenoxy) is 1. The Hall–Kier alpha value is -0.770. The fraction of sp³-hybridized carbons (Fsp3) is 0.875. The molecule has 1 aliphatic carbocycles. The lowest BCUT2D eigenvalue weighted by Crippen LogP contribution is -2.28. The average Bonchev–Trinajstić information content (AvgIpc) is 2.80. The Morgan fingerprint density at radius 3 is 3.00 bits per heavy atom. The molecule has 2 unspecified atom stereocenters. The Morgan fingerprint density at radius 2 is 2.50 bits per heavy atom. The number of aliphatic hydroxyl groups is 1. The average molecular weight is 173 g/mol. The second kappa shape index (κ2) is 4.30. The second-order valence-electron chi connectivity index (χ2n) is 3.01. The van der Waals surface area contributed by atoms with Gasteiger partial charge in [0.1, 0.15) is 6.61 Å². The van der Waals surface area contributed by atoms with Gasteiger partial charge in [-0.15, -0.1) is 0 Å². The van der Waals surface area contributed by atoms with Gasteiger partial charge in [0.05, 0.1) is 6.61 Å². The van der Waals surface area contributed by atoms with Crippen molar-refractivity contribution in [3.8, 4) is 0 Å². The first-order valence-corrected chi connectivity index (χ1v) is 4.32. The monoisotopic (exact) mass is 173 g/mol. The van der Waals surface area contributed by atoms with Crippen molar-refractivity contribution < 1.29 is 14.6 Å². The first kappa shape index (κ1) is 9.32. The number of hydrogen-bond donors (Lipinski definition) is 2. The van der Waals surface area contributed by atoms with Crippen molar-refractivity contribution in [2.45, 2.75) is 25.8 Å². The summed E-state index contributed by atoms with van der Waals surface area (Å²) in [5, 5.41) is 11.1. The number of carbonyl (C=O) groups excluding carboxylic acids is 1. The minimum atomic E-state index is -0.412. The highest BCUT2D eigenvalue weighted by atomic mass is 16.6. The number of carbonyl (C=O) groups is 1. The molecule has 0 bridgehead atoms. The Kier molecular flexibility index (Phi) is 3.34. The minimum Gasteiger partial charge on any atom is -0.447 e. The van der Waals surface area contributed by atoms with Crippen molar-refractivity contribution in [2.24, 2.45) is 5.92 Å². The van der Waals surface area contributed by atoms with Crippen LogP contribution in [0.25, 0.3) is 0 Å². The van der Waals surface area contributed by atoms with E-state index in [1.165, 1.54) is 0 Å². The predicted molar refractivity (Wildman–Crippen MR) is 43.8 cm³/mol. The van der Waals surface area contributed by atoms with E-state index in [4.69, 9.17) is 5.11 Å². The van der Waals surface area contributed by atoms with Crippen molar-refractivity contribution in [1.82, 2.24) is 5.32 Å². The molecule has 0 aliphatic heterocycles. The second-order valence-corrected chi connectivity index (χ2v) is 3.01. The van der Waals surface area contributed by atoms with E-state index in [1.807, 2.05) is 0 Å². The van der Waals surface area contributed by atoms with Gasteiger partial charge in [0.2, 0.25) is 0 Å². The Balaban J connectivity index is 2.04. The van der Waals surface area contributed by atoms with Gasteiger partial charge in [-0.25, -0.2) is 4.79 Å². The van der Waals surface area contributed by atoms with Gasteiger partial charge in [-0.1, -0.05) is 13.3 Å². The molecule has 12 heavy (non-hydrogen) atoms. The normalized spacial score (nSPS) is 26.5. The largest absolute Gasteiger partial charge is 0.447 e. The maximum atomic E-state index is 10.9. The SMILES string of the molecule is CCC1CC1NC(=O)OCCO. The highest BCUT2D eigenvalue weighted by molar-refractivity contribution is 5.68. The van der Waals surface area contributed by atoms with E-state index in [0.717, 1.165) is 12.8 Å². The summed E-state index contributed by atoms with van der Waals surface area (Å²) in [5.41, 5.74) is 0. The van der Waals surface area contributed by atoms with Crippen molar-refractivity contribution in [2.75, 3.05) is 13.2 Å². The molecule has 0 aromatic rings. The third-order valence-corrected chi connectivity index (χ3v) is 2.07. The Morgan fingerprint density at radius 1 is 1.75 bits per heavy atom. The van der Waals surface area contributed by atoms with Crippen molar-refractivity contribution in [3.05, 3.63) is 0 Å². The number of amides is 1. The van der Waals surface area contributed by atoms with Crippen LogP contribution in [0.2, 0.25) is 0 Å². The van der Waals surface area contributed by atoms with E-state index in [9.17, 15) is 4.79 Å². The van der Waals surface area contributed by atoms with Gasteiger partial charge in [0, 0.05) is 6.04 Å². The molecule has 4 nitrogen and oxygen atoms in total. The molecule has 0 spiro atoms. The summed E-state index contributed by atoms with van der Waals surface area (Å²) < 4.78 is 4.63. The first-order valence-electron chi connectivity index (χ1n) is 4.32. The summed E-state index contributed by atoms with van der Waals surface area (Å²) >= 11 is 0. The number of hydrogen-bond acceptors (Lipinski definition) is 3. The zero-order chi connectivity index (χ0) is 8.97. The van der Waals surface area contributed by atoms with Crippen LogP contribution in [-0.4, -0.2) is 30.5 Å². The van der Waals surface area contributed by atoms with Crippen LogP contribution >= 0.6 is 0 Å². The van der Waals surface area contributed by atoms with Gasteiger partial charge in [0.25, 0.3) is 0 Å². The zero-order valence-electron chi connectivity index (χ0n) is 7.25. The third-order valence-electron chi connectivity index (χ3n) is 2.07. The molecule has 1 amide bonds. The van der Waals surface area contributed by atoms with E-state index >= 15 is 0 Å². The number of aliphatic hydroxyl groups excluding tert-OH is 1. The lowest BCUT2D eigenvalue weighted by atomic mass is 10.3. The Labute approximate surface area is 71.9 Å². The van der Waals surface area contributed by atoms with E-state index < -0.39 is 6.09 Å². The maximum Gasteiger partial charge on any atom is 0.407 e. The molecule has 1 fully saturated rings. The van der Waals surface area contributed by atoms with Crippen LogP contribution in [0.1, 0.15) is 19.8 Å². The van der Waals surface area contributed by atoms with Gasteiger partial charge in [0.15, 0.2) is 0 Å². The molecule has 0 saturated heterocycles. The topological polar surface area (TPSA) is 58.6 Å². The molecule has 4 heteroatoms. The lowest BCUT2D eigenvalue weighted by molar-refractivity contribution is 0.118. The highest BCUT2D eigenvalue weighted by Crippen LogP contribution is 2.32. The van der Waals surface area contributed by atoms with Crippen LogP contribution in [-0.2, 0) is 4.74 Å². The molecule has 0 radical (unpaired) electrons. The summed E-state index contributed by atoms with van der Waals surface area (Å²) in [4.78, 5) is 10.9. The third kappa shape index (κ3) is 2.70. The summed E-state index contributed by atoms with van der Waals surface area (Å²) in [6.07, 6.45) is 1.75. The molecule has 2 N–H and O–H groups in total. The maximum absolute atomic E-state index is 10.9.